The summed E-state index contributed by atoms with van der Waals surface area (Å²) in [6, 6.07) is 5.83. The van der Waals surface area contributed by atoms with Crippen LogP contribution in [0, 0.1) is 12.3 Å². The summed E-state index contributed by atoms with van der Waals surface area (Å²) in [7, 11) is 0. The maximum Gasteiger partial charge on any atom is 0.340 e. The van der Waals surface area contributed by atoms with Gasteiger partial charge in [-0.05, 0) is 37.8 Å². The second kappa shape index (κ2) is 8.63. The number of rotatable bonds is 5. The molecule has 2 aromatic rings. The van der Waals surface area contributed by atoms with E-state index in [0.29, 0.717) is 41.1 Å². The van der Waals surface area contributed by atoms with Crippen molar-refractivity contribution in [1.82, 2.24) is 5.43 Å². The van der Waals surface area contributed by atoms with Gasteiger partial charge in [0.15, 0.2) is 5.76 Å². The van der Waals surface area contributed by atoms with E-state index in [2.05, 4.69) is 15.8 Å². The first kappa shape index (κ1) is 22.1. The predicted molar refractivity (Wildman–Crippen MR) is 115 cm³/mol. The fraction of sp³-hybridized carbons (Fsp3) is 0.364. The van der Waals surface area contributed by atoms with E-state index < -0.39 is 17.9 Å². The Morgan fingerprint density at radius 1 is 1.23 bits per heavy atom. The van der Waals surface area contributed by atoms with Crippen molar-refractivity contribution in [2.45, 2.75) is 40.5 Å². The van der Waals surface area contributed by atoms with Crippen molar-refractivity contribution >= 4 is 29.3 Å². The van der Waals surface area contributed by atoms with Crippen LogP contribution in [-0.2, 0) is 11.2 Å². The predicted octanol–water partition coefficient (Wildman–Crippen LogP) is 3.36. The number of carbonyl (C=O) groups is 3. The quantitative estimate of drug-likeness (QED) is 0.497. The highest BCUT2D eigenvalue weighted by Crippen LogP contribution is 2.39. The van der Waals surface area contributed by atoms with E-state index in [1.54, 1.807) is 38.1 Å². The summed E-state index contributed by atoms with van der Waals surface area (Å²) in [5.74, 6) is -0.290. The van der Waals surface area contributed by atoms with Gasteiger partial charge in [-0.25, -0.2) is 15.0 Å². The smallest absolute Gasteiger partial charge is 0.340 e. The lowest BCUT2D eigenvalue weighted by Crippen LogP contribution is -2.31. The summed E-state index contributed by atoms with van der Waals surface area (Å²) in [4.78, 5) is 36.4. The first-order valence-electron chi connectivity index (χ1n) is 9.95. The number of urea groups is 1. The molecule has 9 nitrogen and oxygen atoms in total. The zero-order valence-corrected chi connectivity index (χ0v) is 18.0. The number of nitrogens with zero attached hydrogens (tertiary/aromatic N) is 1. The van der Waals surface area contributed by atoms with E-state index in [1.165, 1.54) is 0 Å². The normalized spacial score (nSPS) is 15.8. The number of amides is 3. The minimum Gasteiger partial charge on any atom is -0.462 e. The van der Waals surface area contributed by atoms with Gasteiger partial charge in [0.2, 0.25) is 0 Å². The van der Waals surface area contributed by atoms with Crippen LogP contribution in [0.1, 0.15) is 65.0 Å². The molecular formula is C22H26N4O5. The highest BCUT2D eigenvalue weighted by Gasteiger charge is 2.36. The molecule has 0 spiro atoms. The summed E-state index contributed by atoms with van der Waals surface area (Å²) in [5.41, 5.74) is 9.70. The number of nitrogens with one attached hydrogen (secondary N) is 2. The number of furan rings is 1. The minimum absolute atomic E-state index is 0.119. The van der Waals surface area contributed by atoms with Crippen LogP contribution < -0.4 is 16.5 Å². The number of para-hydroxylation sites is 1. The Labute approximate surface area is 180 Å². The Morgan fingerprint density at radius 2 is 1.94 bits per heavy atom. The van der Waals surface area contributed by atoms with Crippen molar-refractivity contribution < 1.29 is 23.5 Å². The Kier molecular flexibility index (Phi) is 6.14. The van der Waals surface area contributed by atoms with Crippen LogP contribution in [0.4, 0.5) is 10.5 Å². The molecule has 1 aliphatic carbocycles. The van der Waals surface area contributed by atoms with E-state index in [-0.39, 0.29) is 23.3 Å². The van der Waals surface area contributed by atoms with Gasteiger partial charge in [-0.2, -0.15) is 5.10 Å². The zero-order valence-electron chi connectivity index (χ0n) is 18.0. The number of esters is 1. The first-order valence-corrected chi connectivity index (χ1v) is 9.95. The summed E-state index contributed by atoms with van der Waals surface area (Å²) >= 11 is 0. The summed E-state index contributed by atoms with van der Waals surface area (Å²) in [5, 5.41) is 6.87. The standard InChI is InChI=1S/C22H26N4O5/c1-5-30-20(28)13-8-6-7-9-14(13)24-19(27)18-12(2)17-15(25-26-21(23)29)10-22(3,4)11-16(17)31-18/h6-9H,5,10-11H2,1-4H3,(H,24,27)(H3,23,26,29)/b25-15-. The van der Waals surface area contributed by atoms with Crippen molar-refractivity contribution in [3.8, 4) is 0 Å². The van der Waals surface area contributed by atoms with Gasteiger partial charge in [-0.3, -0.25) is 4.79 Å². The van der Waals surface area contributed by atoms with Gasteiger partial charge in [0.1, 0.15) is 5.76 Å². The first-order chi connectivity index (χ1) is 14.6. The van der Waals surface area contributed by atoms with Crippen molar-refractivity contribution in [2.75, 3.05) is 11.9 Å². The van der Waals surface area contributed by atoms with E-state index in [0.717, 1.165) is 0 Å². The van der Waals surface area contributed by atoms with Crippen LogP contribution in [0.2, 0.25) is 0 Å². The molecule has 0 unspecified atom stereocenters. The average Bonchev–Trinajstić information content (AvgIpc) is 3.01. The molecule has 4 N–H and O–H groups in total. The fourth-order valence-corrected chi connectivity index (χ4v) is 3.71. The van der Waals surface area contributed by atoms with Crippen molar-refractivity contribution in [1.29, 1.82) is 0 Å². The van der Waals surface area contributed by atoms with E-state index >= 15 is 0 Å². The maximum atomic E-state index is 13.0. The maximum absolute atomic E-state index is 13.0. The van der Waals surface area contributed by atoms with Crippen molar-refractivity contribution in [2.24, 2.45) is 16.3 Å². The molecular weight excluding hydrogens is 400 g/mol. The highest BCUT2D eigenvalue weighted by molar-refractivity contribution is 6.11. The molecule has 0 aliphatic heterocycles. The third kappa shape index (κ3) is 4.76. The number of carbonyl (C=O) groups excluding carboxylic acids is 3. The van der Waals surface area contributed by atoms with E-state index in [1.807, 2.05) is 13.8 Å². The SMILES string of the molecule is CCOC(=O)c1ccccc1NC(=O)c1oc2c(c1C)/C(=N\NC(N)=O)CC(C)(C)C2. The van der Waals surface area contributed by atoms with Crippen molar-refractivity contribution in [3.05, 3.63) is 52.5 Å². The largest absolute Gasteiger partial charge is 0.462 e. The molecule has 0 atom stereocenters. The summed E-state index contributed by atoms with van der Waals surface area (Å²) in [6.45, 7) is 7.78. The van der Waals surface area contributed by atoms with E-state index in [4.69, 9.17) is 14.9 Å². The number of hydrogen-bond donors (Lipinski definition) is 3. The van der Waals surface area contributed by atoms with Crippen LogP contribution in [-0.4, -0.2) is 30.2 Å². The van der Waals surface area contributed by atoms with Crippen LogP contribution >= 0.6 is 0 Å². The van der Waals surface area contributed by atoms with Gasteiger partial charge in [-0.15, -0.1) is 0 Å². The van der Waals surface area contributed by atoms with Gasteiger partial charge in [-0.1, -0.05) is 26.0 Å². The van der Waals surface area contributed by atoms with Gasteiger partial charge in [0.25, 0.3) is 5.91 Å². The molecule has 1 aromatic heterocycles. The van der Waals surface area contributed by atoms with Gasteiger partial charge < -0.3 is 20.2 Å². The fourth-order valence-electron chi connectivity index (χ4n) is 3.71. The zero-order chi connectivity index (χ0) is 22.8. The van der Waals surface area contributed by atoms with Gasteiger partial charge in [0.05, 0.1) is 23.6 Å². The molecule has 0 bridgehead atoms. The topological polar surface area (TPSA) is 136 Å². The van der Waals surface area contributed by atoms with Crippen LogP contribution in [0.5, 0.6) is 0 Å². The summed E-state index contributed by atoms with van der Waals surface area (Å²) in [6.07, 6.45) is 1.18. The Balaban J connectivity index is 1.96. The lowest BCUT2D eigenvalue weighted by atomic mass is 9.75. The molecule has 1 aromatic carbocycles. The third-order valence-corrected chi connectivity index (χ3v) is 4.97. The second-order valence-corrected chi connectivity index (χ2v) is 8.13. The molecule has 1 heterocycles. The molecule has 3 amide bonds. The van der Waals surface area contributed by atoms with Gasteiger partial charge >= 0.3 is 12.0 Å². The number of anilines is 1. The molecule has 0 radical (unpaired) electrons. The molecule has 31 heavy (non-hydrogen) atoms. The molecule has 164 valence electrons. The number of benzene rings is 1. The van der Waals surface area contributed by atoms with Crippen LogP contribution in [0.25, 0.3) is 0 Å². The lowest BCUT2D eigenvalue weighted by molar-refractivity contribution is 0.0527. The third-order valence-electron chi connectivity index (χ3n) is 4.97. The number of hydrogen-bond acceptors (Lipinski definition) is 6. The van der Waals surface area contributed by atoms with Crippen LogP contribution in [0.3, 0.4) is 0 Å². The Morgan fingerprint density at radius 3 is 2.61 bits per heavy atom. The molecule has 0 saturated carbocycles. The molecule has 3 rings (SSSR count). The Hall–Kier alpha value is -3.62. The summed E-state index contributed by atoms with van der Waals surface area (Å²) < 4.78 is 11.0. The Bertz CT molecular complexity index is 1070. The minimum atomic E-state index is -0.771. The second-order valence-electron chi connectivity index (χ2n) is 8.13. The van der Waals surface area contributed by atoms with E-state index in [9.17, 15) is 14.4 Å². The number of nitrogens with two attached hydrogens (primary N) is 1. The highest BCUT2D eigenvalue weighted by atomic mass is 16.5. The molecule has 0 fully saturated rings. The number of primary amides is 1. The number of ether oxygens (including phenoxy) is 1. The number of hydrazone groups is 1. The average molecular weight is 426 g/mol. The number of fused-ring (bicyclic) bond motifs is 1. The van der Waals surface area contributed by atoms with Crippen LogP contribution in [0.15, 0.2) is 33.8 Å². The van der Waals surface area contributed by atoms with Crippen molar-refractivity contribution in [3.63, 3.8) is 0 Å². The molecule has 0 saturated heterocycles. The van der Waals surface area contributed by atoms with Gasteiger partial charge in [0, 0.05) is 17.5 Å². The lowest BCUT2D eigenvalue weighted by Gasteiger charge is -2.29. The molecule has 1 aliphatic rings. The molecule has 9 heteroatoms. The monoisotopic (exact) mass is 426 g/mol.